The van der Waals surface area contributed by atoms with Crippen molar-refractivity contribution in [2.45, 2.75) is 150 Å². The molecule has 8 aliphatic carbocycles. The van der Waals surface area contributed by atoms with Crippen LogP contribution < -0.4 is 22.5 Å². The molecule has 11 heteroatoms. The molecule has 8 bridgehead atoms. The molecule has 3 amide bonds. The number of carbonyl (C=O) groups excluding carboxylic acids is 5. The molecule has 280 valence electrons. The number of carbonyl (C=O) groups is 5. The highest BCUT2D eigenvalue weighted by molar-refractivity contribution is 5.91. The van der Waals surface area contributed by atoms with Crippen LogP contribution in [0.5, 0.6) is 0 Å². The van der Waals surface area contributed by atoms with Gasteiger partial charge in [-0.25, -0.2) is 4.79 Å². The van der Waals surface area contributed by atoms with Crippen molar-refractivity contribution < 1.29 is 28.7 Å². The molecule has 10 nitrogen and oxygen atoms in total. The van der Waals surface area contributed by atoms with E-state index in [1.165, 1.54) is 12.8 Å². The number of amides is 3. The van der Waals surface area contributed by atoms with Crippen molar-refractivity contribution in [3.05, 3.63) is 0 Å². The van der Waals surface area contributed by atoms with Gasteiger partial charge in [0.15, 0.2) is 11.6 Å². The first-order valence-corrected chi connectivity index (χ1v) is 18.0. The predicted molar refractivity (Wildman–Crippen MR) is 192 cm³/mol. The average molecular weight is 709 g/mol. The highest BCUT2D eigenvalue weighted by atomic mass is 35.5. The van der Waals surface area contributed by atoms with Gasteiger partial charge in [-0.05, 0) is 160 Å². The maximum atomic E-state index is 13.0. The topological polar surface area (TPSA) is 185 Å². The number of primary amides is 2. The van der Waals surface area contributed by atoms with Gasteiger partial charge in [0, 0.05) is 23.7 Å². The van der Waals surface area contributed by atoms with E-state index in [0.29, 0.717) is 60.2 Å². The van der Waals surface area contributed by atoms with E-state index >= 15 is 0 Å². The zero-order valence-corrected chi connectivity index (χ0v) is 31.0. The number of hydrogen-bond acceptors (Lipinski definition) is 7. The van der Waals surface area contributed by atoms with E-state index in [-0.39, 0.29) is 54.0 Å². The highest BCUT2D eigenvalue weighted by Crippen LogP contribution is 2.64. The van der Waals surface area contributed by atoms with Crippen LogP contribution >= 0.6 is 12.4 Å². The summed E-state index contributed by atoms with van der Waals surface area (Å²) < 4.78 is 5.29. The summed E-state index contributed by atoms with van der Waals surface area (Å²) in [4.78, 5) is 61.3. The summed E-state index contributed by atoms with van der Waals surface area (Å²) in [6.45, 7) is 12.4. The Morgan fingerprint density at radius 3 is 1.31 bits per heavy atom. The summed E-state index contributed by atoms with van der Waals surface area (Å²) in [5.41, 5.74) is 14.5. The lowest BCUT2D eigenvalue weighted by atomic mass is 9.45. The first-order chi connectivity index (χ1) is 21.5. The Morgan fingerprint density at radius 2 is 1.00 bits per heavy atom. The van der Waals surface area contributed by atoms with Crippen molar-refractivity contribution in [3.8, 4) is 0 Å². The molecule has 8 fully saturated rings. The summed E-state index contributed by atoms with van der Waals surface area (Å²) in [6.07, 6.45) is 10.4. The minimum absolute atomic E-state index is 0. The molecule has 0 aromatic heterocycles. The van der Waals surface area contributed by atoms with Crippen LogP contribution in [0.1, 0.15) is 133 Å². The second kappa shape index (κ2) is 14.1. The number of ketones is 2. The van der Waals surface area contributed by atoms with Gasteiger partial charge in [0.25, 0.3) is 0 Å². The maximum absolute atomic E-state index is 13.0. The van der Waals surface area contributed by atoms with Gasteiger partial charge in [-0.2, -0.15) is 0 Å². The Labute approximate surface area is 300 Å². The van der Waals surface area contributed by atoms with Gasteiger partial charge in [-0.15, -0.1) is 12.4 Å². The van der Waals surface area contributed by atoms with Crippen LogP contribution in [-0.4, -0.2) is 46.2 Å². The molecule has 7 N–H and O–H groups in total. The third kappa shape index (κ3) is 8.48. The van der Waals surface area contributed by atoms with Gasteiger partial charge in [0.05, 0.1) is 11.1 Å². The van der Waals surface area contributed by atoms with Gasteiger partial charge in [0.2, 0.25) is 11.8 Å². The number of rotatable bonds is 9. The van der Waals surface area contributed by atoms with Crippen molar-refractivity contribution in [1.82, 2.24) is 5.32 Å². The Kier molecular flexibility index (Phi) is 11.8. The first-order valence-electron chi connectivity index (χ1n) is 18.0. The van der Waals surface area contributed by atoms with Crippen molar-refractivity contribution in [1.29, 1.82) is 0 Å². The molecule has 0 aliphatic heterocycles. The molecule has 49 heavy (non-hydrogen) atoms. The molecule has 8 saturated carbocycles. The monoisotopic (exact) mass is 708 g/mol. The number of ether oxygens (including phenoxy) is 1. The molecular weight excluding hydrogens is 644 g/mol. The molecule has 0 aromatic carbocycles. The minimum Gasteiger partial charge on any atom is -0.444 e. The van der Waals surface area contributed by atoms with Crippen molar-refractivity contribution in [3.63, 3.8) is 0 Å². The van der Waals surface area contributed by atoms with Crippen LogP contribution in [0.4, 0.5) is 4.79 Å². The van der Waals surface area contributed by atoms with Gasteiger partial charge < -0.3 is 27.3 Å². The first kappa shape index (κ1) is 41.2. The average Bonchev–Trinajstić information content (AvgIpc) is 2.90. The molecule has 8 rings (SSSR count). The van der Waals surface area contributed by atoms with Gasteiger partial charge in [0.1, 0.15) is 5.60 Å². The van der Waals surface area contributed by atoms with Crippen LogP contribution in [0.2, 0.25) is 0 Å². The number of hydrogen-bond donors (Lipinski definition) is 4. The van der Waals surface area contributed by atoms with Crippen molar-refractivity contribution in [2.75, 3.05) is 0 Å². The SMILES string of the molecule is C.CC(C)(C)OC(=O)NC(C)(C)C(=O)CC1C2CC3CC1CC(C(N)=O)(C3)C2.CC(C)(N)C(=O)CC1C2CC3CC1CC(C(N)=O)(C3)C2.Cl. The summed E-state index contributed by atoms with van der Waals surface area (Å²) in [5.74, 6) is 3.65. The van der Waals surface area contributed by atoms with Crippen molar-refractivity contribution in [2.24, 2.45) is 75.4 Å². The molecule has 0 aromatic rings. The van der Waals surface area contributed by atoms with E-state index < -0.39 is 22.8 Å². The summed E-state index contributed by atoms with van der Waals surface area (Å²) >= 11 is 0. The lowest BCUT2D eigenvalue weighted by molar-refractivity contribution is -0.152. The number of alkyl carbamates (subject to hydrolysis) is 1. The lowest BCUT2D eigenvalue weighted by Gasteiger charge is -2.59. The predicted octanol–water partition coefficient (Wildman–Crippen LogP) is 5.85. The van der Waals surface area contributed by atoms with Crippen LogP contribution in [-0.2, 0) is 23.9 Å². The Morgan fingerprint density at radius 1 is 0.653 bits per heavy atom. The third-order valence-corrected chi connectivity index (χ3v) is 13.1. The number of Topliss-reactive ketones (excluding diaryl/α,β-unsaturated/α-hetero) is 2. The number of nitrogens with one attached hydrogen (secondary N) is 1. The Bertz CT molecular complexity index is 1270. The summed E-state index contributed by atoms with van der Waals surface area (Å²) in [5, 5.41) is 2.73. The third-order valence-electron chi connectivity index (χ3n) is 13.1. The standard InChI is InChI=1S/C21H34N2O4.C16H26N2O2.CH4.ClH/c1-19(2,3)27-18(26)23-20(4,5)16(24)8-15-13-6-12-7-14(15)11-21(9-12,10-13)17(22)25;1-15(2,18)13(19)5-12-10-3-9-4-11(12)8-16(6-9,7-10)14(17)20;;/h12-15H,6-11H2,1-5H3,(H2,22,25)(H,23,26);9-12H,3-8,18H2,1-2H3,(H2,17,20);1H4;1H. The van der Waals surface area contributed by atoms with Gasteiger partial charge in [-0.3, -0.25) is 19.2 Å². The van der Waals surface area contributed by atoms with Crippen LogP contribution in [0, 0.1) is 58.2 Å². The largest absolute Gasteiger partial charge is 0.444 e. The fraction of sp³-hybridized carbons (Fsp3) is 0.868. The van der Waals surface area contributed by atoms with E-state index in [4.69, 9.17) is 21.9 Å². The van der Waals surface area contributed by atoms with E-state index in [0.717, 1.165) is 51.4 Å². The fourth-order valence-corrected chi connectivity index (χ4v) is 11.1. The molecular formula is C38H65ClN4O6. The second-order valence-corrected chi connectivity index (χ2v) is 18.8. The lowest BCUT2D eigenvalue weighted by Crippen LogP contribution is -2.57. The molecule has 0 heterocycles. The van der Waals surface area contributed by atoms with E-state index in [9.17, 15) is 24.0 Å². The summed E-state index contributed by atoms with van der Waals surface area (Å²) in [6, 6.07) is 0. The Balaban J connectivity index is 0.000000265. The Hall–Kier alpha value is -2.20. The molecule has 0 radical (unpaired) electrons. The maximum Gasteiger partial charge on any atom is 0.408 e. The number of halogens is 1. The molecule has 4 unspecified atom stereocenters. The van der Waals surface area contributed by atoms with E-state index in [2.05, 4.69) is 5.32 Å². The molecule has 8 aliphatic rings. The number of nitrogens with two attached hydrogens (primary N) is 3. The highest BCUT2D eigenvalue weighted by Gasteiger charge is 2.59. The minimum atomic E-state index is -0.974. The zero-order chi connectivity index (χ0) is 34.9. The quantitative estimate of drug-likeness (QED) is 0.232. The smallest absolute Gasteiger partial charge is 0.408 e. The fourth-order valence-electron chi connectivity index (χ4n) is 11.1. The van der Waals surface area contributed by atoms with Crippen LogP contribution in [0.3, 0.4) is 0 Å². The second-order valence-electron chi connectivity index (χ2n) is 18.8. The van der Waals surface area contributed by atoms with Crippen LogP contribution in [0.15, 0.2) is 0 Å². The van der Waals surface area contributed by atoms with E-state index in [1.807, 2.05) is 0 Å². The van der Waals surface area contributed by atoms with Gasteiger partial charge >= 0.3 is 6.09 Å². The molecule has 0 spiro atoms. The van der Waals surface area contributed by atoms with E-state index in [1.54, 1.807) is 48.5 Å². The zero-order valence-electron chi connectivity index (χ0n) is 30.2. The summed E-state index contributed by atoms with van der Waals surface area (Å²) in [7, 11) is 0. The van der Waals surface area contributed by atoms with Crippen LogP contribution in [0.25, 0.3) is 0 Å². The van der Waals surface area contributed by atoms with Gasteiger partial charge in [-0.1, -0.05) is 7.43 Å². The van der Waals surface area contributed by atoms with Crippen molar-refractivity contribution >= 4 is 41.9 Å². The normalized spacial score (nSPS) is 36.7. The molecule has 0 saturated heterocycles. The molecule has 4 atom stereocenters.